The standard InChI is InChI=1S/C28H31F2N6O7PS/c1-41-24-12-22-23(13-25(24)42-7-3-6-36-5-2-4-20(36)15-43-44(38,39)40)32-16-33-27(22)35-28-31-14-21(45-28)11-26(37)34-19-9-17(29)8-18(30)10-19/h8-10,12-14,16,20H,2-7,11,15H2,1H3,(H,34,37)(H2,38,39,40)(H,31,32,33,35)/t20-/m0/s1. The lowest BCUT2D eigenvalue weighted by Crippen LogP contribution is -2.34. The highest BCUT2D eigenvalue weighted by Crippen LogP contribution is 2.37. The maximum atomic E-state index is 13.4. The van der Waals surface area contributed by atoms with Crippen LogP contribution < -0.4 is 20.1 Å². The Bertz CT molecular complexity index is 1690. The summed E-state index contributed by atoms with van der Waals surface area (Å²) < 4.78 is 54.2. The van der Waals surface area contributed by atoms with Gasteiger partial charge in [-0.1, -0.05) is 0 Å². The van der Waals surface area contributed by atoms with Gasteiger partial charge in [0.15, 0.2) is 16.6 Å². The number of fused-ring (bicyclic) bond motifs is 1. The van der Waals surface area contributed by atoms with Gasteiger partial charge in [0.25, 0.3) is 0 Å². The highest BCUT2D eigenvalue weighted by atomic mass is 32.1. The fourth-order valence-electron chi connectivity index (χ4n) is 4.98. The molecule has 17 heteroatoms. The van der Waals surface area contributed by atoms with Crippen LogP contribution in [0.4, 0.5) is 25.4 Å². The number of anilines is 3. The molecule has 0 unspecified atom stereocenters. The van der Waals surface area contributed by atoms with Gasteiger partial charge in [0.2, 0.25) is 5.91 Å². The minimum atomic E-state index is -4.50. The summed E-state index contributed by atoms with van der Waals surface area (Å²) >= 11 is 1.22. The topological polar surface area (TPSA) is 168 Å². The van der Waals surface area contributed by atoms with Crippen LogP contribution in [0.1, 0.15) is 24.1 Å². The van der Waals surface area contributed by atoms with Gasteiger partial charge in [0.1, 0.15) is 23.8 Å². The lowest BCUT2D eigenvalue weighted by Gasteiger charge is -2.24. The lowest BCUT2D eigenvalue weighted by atomic mass is 10.2. The average molecular weight is 665 g/mol. The normalized spacial score (nSPS) is 15.4. The first kappa shape index (κ1) is 32.6. The monoisotopic (exact) mass is 664 g/mol. The van der Waals surface area contributed by atoms with Crippen molar-refractivity contribution in [3.05, 3.63) is 59.4 Å². The van der Waals surface area contributed by atoms with E-state index in [0.717, 1.165) is 37.6 Å². The zero-order chi connectivity index (χ0) is 32.0. The molecule has 0 saturated carbocycles. The molecule has 0 aliphatic carbocycles. The molecular weight excluding hydrogens is 633 g/mol. The number of carbonyl (C=O) groups excluding carboxylic acids is 1. The number of phosphoric acid groups is 1. The second kappa shape index (κ2) is 14.5. The van der Waals surface area contributed by atoms with Crippen molar-refractivity contribution in [2.45, 2.75) is 31.7 Å². The second-order valence-electron chi connectivity index (χ2n) is 10.2. The number of carbonyl (C=O) groups is 1. The Morgan fingerprint density at radius 1 is 1.13 bits per heavy atom. The van der Waals surface area contributed by atoms with Crippen LogP contribution in [-0.2, 0) is 20.3 Å². The van der Waals surface area contributed by atoms with Crippen molar-refractivity contribution in [1.29, 1.82) is 0 Å². The van der Waals surface area contributed by atoms with Crippen molar-refractivity contribution in [2.75, 3.05) is 44.0 Å². The fourth-order valence-corrected chi connectivity index (χ4v) is 6.16. The molecule has 4 aromatic rings. The van der Waals surface area contributed by atoms with Gasteiger partial charge in [0, 0.05) is 46.9 Å². The predicted octanol–water partition coefficient (Wildman–Crippen LogP) is 4.64. The van der Waals surface area contributed by atoms with E-state index < -0.39 is 25.4 Å². The number of thiazole rings is 1. The minimum absolute atomic E-state index is 0.0176. The van der Waals surface area contributed by atoms with Crippen LogP contribution in [0.3, 0.4) is 0 Å². The first-order valence-corrected chi connectivity index (χ1v) is 16.3. The molecule has 1 saturated heterocycles. The van der Waals surface area contributed by atoms with Gasteiger partial charge < -0.3 is 29.9 Å². The van der Waals surface area contributed by atoms with Gasteiger partial charge >= 0.3 is 7.82 Å². The van der Waals surface area contributed by atoms with Crippen LogP contribution in [-0.4, -0.2) is 75.0 Å². The fraction of sp³-hybridized carbons (Fsp3) is 0.357. The molecule has 1 amide bonds. The molecule has 1 atom stereocenters. The van der Waals surface area contributed by atoms with E-state index in [2.05, 4.69) is 30.5 Å². The molecule has 0 spiro atoms. The van der Waals surface area contributed by atoms with Crippen molar-refractivity contribution in [1.82, 2.24) is 19.9 Å². The smallest absolute Gasteiger partial charge is 0.469 e. The molecule has 4 N–H and O–H groups in total. The van der Waals surface area contributed by atoms with Crippen molar-refractivity contribution in [3.8, 4) is 11.5 Å². The maximum absolute atomic E-state index is 13.4. The number of likely N-dealkylation sites (tertiary alicyclic amines) is 1. The molecule has 45 heavy (non-hydrogen) atoms. The Kier molecular flexibility index (Phi) is 10.5. The summed E-state index contributed by atoms with van der Waals surface area (Å²) in [6.45, 7) is 1.87. The first-order valence-electron chi connectivity index (χ1n) is 13.9. The number of phosphoric ester groups is 1. The van der Waals surface area contributed by atoms with Crippen molar-refractivity contribution >= 4 is 52.6 Å². The van der Waals surface area contributed by atoms with E-state index in [1.54, 1.807) is 12.1 Å². The van der Waals surface area contributed by atoms with E-state index in [1.807, 2.05) is 0 Å². The van der Waals surface area contributed by atoms with E-state index in [9.17, 15) is 18.1 Å². The van der Waals surface area contributed by atoms with Crippen LogP contribution in [0.15, 0.2) is 42.9 Å². The molecular formula is C28H31F2N6O7PS. The highest BCUT2D eigenvalue weighted by Gasteiger charge is 2.27. The average Bonchev–Trinajstić information content (AvgIpc) is 3.61. The van der Waals surface area contributed by atoms with E-state index in [4.69, 9.17) is 23.8 Å². The van der Waals surface area contributed by atoms with Crippen LogP contribution in [0, 0.1) is 11.6 Å². The van der Waals surface area contributed by atoms with Gasteiger partial charge in [-0.05, 0) is 44.0 Å². The second-order valence-corrected chi connectivity index (χ2v) is 12.6. The van der Waals surface area contributed by atoms with Gasteiger partial charge in [0.05, 0.1) is 32.3 Å². The zero-order valence-corrected chi connectivity index (χ0v) is 25.8. The molecule has 0 radical (unpaired) electrons. The van der Waals surface area contributed by atoms with Crippen molar-refractivity contribution in [2.24, 2.45) is 0 Å². The number of hydrogen-bond acceptors (Lipinski definition) is 11. The van der Waals surface area contributed by atoms with Crippen LogP contribution >= 0.6 is 19.2 Å². The number of aromatic nitrogens is 3. The van der Waals surface area contributed by atoms with Crippen molar-refractivity contribution in [3.63, 3.8) is 0 Å². The van der Waals surface area contributed by atoms with Gasteiger partial charge in [-0.25, -0.2) is 28.3 Å². The number of nitrogens with one attached hydrogen (secondary N) is 2. The SMILES string of the molecule is COc1cc2c(Nc3ncc(CC(=O)Nc4cc(F)cc(F)c4)s3)ncnc2cc1OCCCN1CCC[C@H]1COP(=O)(O)O. The third-order valence-electron chi connectivity index (χ3n) is 6.96. The largest absolute Gasteiger partial charge is 0.493 e. The Labute approximate surface area is 260 Å². The Balaban J connectivity index is 1.18. The first-order chi connectivity index (χ1) is 21.6. The van der Waals surface area contributed by atoms with Gasteiger partial charge in [-0.2, -0.15) is 0 Å². The molecule has 13 nitrogen and oxygen atoms in total. The molecule has 0 bridgehead atoms. The third kappa shape index (κ3) is 9.12. The quantitative estimate of drug-likeness (QED) is 0.109. The number of nitrogens with zero attached hydrogens (tertiary/aromatic N) is 4. The van der Waals surface area contributed by atoms with Crippen LogP contribution in [0.25, 0.3) is 10.9 Å². The molecule has 3 heterocycles. The number of hydrogen-bond donors (Lipinski definition) is 4. The van der Waals surface area contributed by atoms with E-state index >= 15 is 0 Å². The highest BCUT2D eigenvalue weighted by molar-refractivity contribution is 7.46. The minimum Gasteiger partial charge on any atom is -0.493 e. The lowest BCUT2D eigenvalue weighted by molar-refractivity contribution is -0.115. The predicted molar refractivity (Wildman–Crippen MR) is 163 cm³/mol. The van der Waals surface area contributed by atoms with E-state index in [-0.39, 0.29) is 24.8 Å². The number of amides is 1. The number of ether oxygens (including phenoxy) is 2. The summed E-state index contributed by atoms with van der Waals surface area (Å²) in [7, 11) is -2.98. The molecule has 2 aromatic heterocycles. The van der Waals surface area contributed by atoms with Crippen LogP contribution in [0.2, 0.25) is 0 Å². The molecule has 240 valence electrons. The molecule has 1 aliphatic rings. The molecule has 1 fully saturated rings. The summed E-state index contributed by atoms with van der Waals surface area (Å²) in [5.41, 5.74) is 0.618. The summed E-state index contributed by atoms with van der Waals surface area (Å²) in [6.07, 6.45) is 5.30. The Morgan fingerprint density at radius 2 is 1.93 bits per heavy atom. The number of rotatable bonds is 14. The molecule has 2 aromatic carbocycles. The van der Waals surface area contributed by atoms with E-state index in [1.165, 1.54) is 31.0 Å². The van der Waals surface area contributed by atoms with Crippen LogP contribution in [0.5, 0.6) is 11.5 Å². The maximum Gasteiger partial charge on any atom is 0.469 e. The summed E-state index contributed by atoms with van der Waals surface area (Å²) in [6, 6.07) is 6.25. The summed E-state index contributed by atoms with van der Waals surface area (Å²) in [5.74, 6) is -0.594. The Morgan fingerprint density at radius 3 is 2.69 bits per heavy atom. The number of benzene rings is 2. The van der Waals surface area contributed by atoms with Crippen molar-refractivity contribution < 1.29 is 41.9 Å². The van der Waals surface area contributed by atoms with Gasteiger partial charge in [-0.3, -0.25) is 14.2 Å². The van der Waals surface area contributed by atoms with E-state index in [0.29, 0.717) is 57.8 Å². The molecule has 1 aliphatic heterocycles. The number of halogens is 2. The van der Waals surface area contributed by atoms with Gasteiger partial charge in [-0.15, -0.1) is 11.3 Å². The Hall–Kier alpha value is -3.79. The summed E-state index contributed by atoms with van der Waals surface area (Å²) in [5, 5.41) is 6.74. The summed E-state index contributed by atoms with van der Waals surface area (Å²) in [4.78, 5) is 46.2. The number of methoxy groups -OCH3 is 1. The molecule has 5 rings (SSSR count). The zero-order valence-electron chi connectivity index (χ0n) is 24.1. The third-order valence-corrected chi connectivity index (χ3v) is 8.36.